The molecule has 0 spiro atoms. The van der Waals surface area contributed by atoms with Crippen LogP contribution in [0.1, 0.15) is 17.5 Å². The highest BCUT2D eigenvalue weighted by Crippen LogP contribution is 2.24. The zero-order valence-corrected chi connectivity index (χ0v) is 15.0. The van der Waals surface area contributed by atoms with Crippen molar-refractivity contribution < 1.29 is 14.7 Å². The summed E-state index contributed by atoms with van der Waals surface area (Å²) in [4.78, 5) is 25.7. The maximum Gasteiger partial charge on any atom is 0.247 e. The molecule has 0 radical (unpaired) electrons. The number of aromatic hydroxyl groups is 1. The zero-order valence-electron chi connectivity index (χ0n) is 15.0. The van der Waals surface area contributed by atoms with Crippen LogP contribution in [0.2, 0.25) is 0 Å². The maximum absolute atomic E-state index is 12.5. The lowest BCUT2D eigenvalue weighted by Crippen LogP contribution is -2.35. The van der Waals surface area contributed by atoms with E-state index < -0.39 is 0 Å². The van der Waals surface area contributed by atoms with Crippen molar-refractivity contribution in [2.24, 2.45) is 0 Å². The average Bonchev–Trinajstić information content (AvgIpc) is 2.70. The molecule has 1 aliphatic rings. The van der Waals surface area contributed by atoms with Crippen LogP contribution >= 0.6 is 0 Å². The van der Waals surface area contributed by atoms with Crippen LogP contribution in [-0.4, -0.2) is 34.9 Å². The third-order valence-electron chi connectivity index (χ3n) is 4.56. The average molecular weight is 362 g/mol. The topological polar surface area (TPSA) is 69.6 Å². The zero-order chi connectivity index (χ0) is 19.2. The minimum Gasteiger partial charge on any atom is -0.508 e. The molecule has 0 aromatic heterocycles. The number of hydrogen-bond acceptors (Lipinski definition) is 3. The largest absolute Gasteiger partial charge is 0.508 e. The number of nitrogens with zero attached hydrogens (tertiary/aromatic N) is 1. The second kappa shape index (κ2) is 8.36. The van der Waals surface area contributed by atoms with Gasteiger partial charge in [-0.15, -0.1) is 0 Å². The molecule has 27 heavy (non-hydrogen) atoms. The SMILES string of the molecule is C=CC(=O)Nc1ccc(CC(=O)N2CC=C(c3ccc(O)cc3)CC2)cc1. The Kier molecular flexibility index (Phi) is 5.71. The molecule has 0 aliphatic carbocycles. The Bertz CT molecular complexity index is 867. The fraction of sp³-hybridized carbons (Fsp3) is 0.182. The van der Waals surface area contributed by atoms with Crippen LogP contribution < -0.4 is 5.32 Å². The summed E-state index contributed by atoms with van der Waals surface area (Å²) in [6, 6.07) is 14.4. The number of rotatable bonds is 5. The molecule has 3 rings (SSSR count). The van der Waals surface area contributed by atoms with Gasteiger partial charge in [0.05, 0.1) is 6.42 Å². The molecule has 2 aromatic carbocycles. The van der Waals surface area contributed by atoms with Crippen LogP contribution in [-0.2, 0) is 16.0 Å². The van der Waals surface area contributed by atoms with Crippen molar-refractivity contribution in [3.05, 3.63) is 78.4 Å². The minimum absolute atomic E-state index is 0.0823. The van der Waals surface area contributed by atoms with E-state index in [9.17, 15) is 14.7 Å². The van der Waals surface area contributed by atoms with Crippen LogP contribution in [0, 0.1) is 0 Å². The summed E-state index contributed by atoms with van der Waals surface area (Å²) >= 11 is 0. The number of carbonyl (C=O) groups excluding carboxylic acids is 2. The first kappa shape index (κ1) is 18.5. The van der Waals surface area contributed by atoms with E-state index in [2.05, 4.69) is 18.0 Å². The Morgan fingerprint density at radius 2 is 1.81 bits per heavy atom. The number of hydrogen-bond donors (Lipinski definition) is 2. The van der Waals surface area contributed by atoms with Crippen LogP contribution in [0.3, 0.4) is 0 Å². The van der Waals surface area contributed by atoms with Gasteiger partial charge in [0, 0.05) is 18.8 Å². The molecule has 5 heteroatoms. The molecule has 0 fully saturated rings. The number of benzene rings is 2. The molecule has 0 bridgehead atoms. The smallest absolute Gasteiger partial charge is 0.247 e. The molecule has 1 heterocycles. The van der Waals surface area contributed by atoms with Crippen molar-refractivity contribution in [3.63, 3.8) is 0 Å². The number of carbonyl (C=O) groups is 2. The molecule has 0 saturated heterocycles. The number of anilines is 1. The molecule has 0 saturated carbocycles. The van der Waals surface area contributed by atoms with Crippen molar-refractivity contribution in [3.8, 4) is 5.75 Å². The summed E-state index contributed by atoms with van der Waals surface area (Å²) in [5.74, 6) is 0.0734. The predicted octanol–water partition coefficient (Wildman–Crippen LogP) is 3.38. The van der Waals surface area contributed by atoms with E-state index in [0.717, 1.165) is 17.5 Å². The van der Waals surface area contributed by atoms with Crippen LogP contribution in [0.25, 0.3) is 5.57 Å². The van der Waals surface area contributed by atoms with Gasteiger partial charge in [0.2, 0.25) is 11.8 Å². The third-order valence-corrected chi connectivity index (χ3v) is 4.56. The second-order valence-electron chi connectivity index (χ2n) is 6.43. The fourth-order valence-electron chi connectivity index (χ4n) is 3.02. The summed E-state index contributed by atoms with van der Waals surface area (Å²) in [5.41, 5.74) is 3.86. The van der Waals surface area contributed by atoms with E-state index in [-0.39, 0.29) is 17.6 Å². The van der Waals surface area contributed by atoms with Gasteiger partial charge >= 0.3 is 0 Å². The molecule has 0 unspecified atom stereocenters. The van der Waals surface area contributed by atoms with Gasteiger partial charge in [-0.05, 0) is 53.5 Å². The summed E-state index contributed by atoms with van der Waals surface area (Å²) < 4.78 is 0. The summed E-state index contributed by atoms with van der Waals surface area (Å²) in [6.45, 7) is 4.68. The van der Waals surface area contributed by atoms with Gasteiger partial charge in [-0.1, -0.05) is 36.9 Å². The van der Waals surface area contributed by atoms with E-state index >= 15 is 0 Å². The molecule has 2 amide bonds. The van der Waals surface area contributed by atoms with E-state index in [4.69, 9.17) is 0 Å². The van der Waals surface area contributed by atoms with Gasteiger partial charge in [-0.3, -0.25) is 9.59 Å². The molecule has 138 valence electrons. The van der Waals surface area contributed by atoms with Gasteiger partial charge < -0.3 is 15.3 Å². The Balaban J connectivity index is 1.57. The first-order chi connectivity index (χ1) is 13.0. The molecule has 2 aromatic rings. The van der Waals surface area contributed by atoms with E-state index in [0.29, 0.717) is 25.2 Å². The fourth-order valence-corrected chi connectivity index (χ4v) is 3.02. The number of amides is 2. The maximum atomic E-state index is 12.5. The lowest BCUT2D eigenvalue weighted by Gasteiger charge is -2.27. The monoisotopic (exact) mass is 362 g/mol. The highest BCUT2D eigenvalue weighted by atomic mass is 16.3. The third kappa shape index (κ3) is 4.85. The molecule has 5 nitrogen and oxygen atoms in total. The van der Waals surface area contributed by atoms with Crippen molar-refractivity contribution >= 4 is 23.1 Å². The normalized spacial score (nSPS) is 13.6. The molecular weight excluding hydrogens is 340 g/mol. The lowest BCUT2D eigenvalue weighted by atomic mass is 9.99. The lowest BCUT2D eigenvalue weighted by molar-refractivity contribution is -0.130. The van der Waals surface area contributed by atoms with Crippen molar-refractivity contribution in [2.75, 3.05) is 18.4 Å². The molecule has 0 atom stereocenters. The highest BCUT2D eigenvalue weighted by Gasteiger charge is 2.18. The van der Waals surface area contributed by atoms with Crippen molar-refractivity contribution in [2.45, 2.75) is 12.8 Å². The number of nitrogens with one attached hydrogen (secondary N) is 1. The van der Waals surface area contributed by atoms with Gasteiger partial charge in [-0.2, -0.15) is 0 Å². The Labute approximate surface area is 158 Å². The van der Waals surface area contributed by atoms with Crippen LogP contribution in [0.4, 0.5) is 5.69 Å². The molecule has 2 N–H and O–H groups in total. The van der Waals surface area contributed by atoms with Crippen LogP contribution in [0.15, 0.2) is 67.3 Å². The first-order valence-corrected chi connectivity index (χ1v) is 8.84. The minimum atomic E-state index is -0.261. The van der Waals surface area contributed by atoms with Gasteiger partial charge in [0.1, 0.15) is 5.75 Å². The summed E-state index contributed by atoms with van der Waals surface area (Å²) in [6.07, 6.45) is 4.41. The van der Waals surface area contributed by atoms with E-state index in [1.165, 1.54) is 11.6 Å². The van der Waals surface area contributed by atoms with Crippen molar-refractivity contribution in [1.82, 2.24) is 4.90 Å². The standard InChI is InChI=1S/C22H22N2O3/c1-2-21(26)23-19-7-3-16(4-8-19)15-22(27)24-13-11-18(12-14-24)17-5-9-20(25)10-6-17/h2-11,25H,1,12-15H2,(H,23,26). The van der Waals surface area contributed by atoms with Crippen LogP contribution in [0.5, 0.6) is 5.75 Å². The summed E-state index contributed by atoms with van der Waals surface area (Å²) in [7, 11) is 0. The second-order valence-corrected chi connectivity index (χ2v) is 6.43. The predicted molar refractivity (Wildman–Crippen MR) is 106 cm³/mol. The van der Waals surface area contributed by atoms with Gasteiger partial charge in [-0.25, -0.2) is 0 Å². The Morgan fingerprint density at radius 1 is 1.11 bits per heavy atom. The van der Waals surface area contributed by atoms with Gasteiger partial charge in [0.25, 0.3) is 0 Å². The summed E-state index contributed by atoms with van der Waals surface area (Å²) in [5, 5.41) is 12.1. The Hall–Kier alpha value is -3.34. The van der Waals surface area contributed by atoms with E-state index in [1.807, 2.05) is 29.2 Å². The molecule has 1 aliphatic heterocycles. The number of phenols is 1. The Morgan fingerprint density at radius 3 is 2.41 bits per heavy atom. The van der Waals surface area contributed by atoms with Crippen molar-refractivity contribution in [1.29, 1.82) is 0 Å². The number of phenolic OH excluding ortho intramolecular Hbond substituents is 1. The highest BCUT2D eigenvalue weighted by molar-refractivity contribution is 5.98. The molecular formula is C22H22N2O3. The van der Waals surface area contributed by atoms with E-state index in [1.54, 1.807) is 24.3 Å². The first-order valence-electron chi connectivity index (χ1n) is 8.84. The quantitative estimate of drug-likeness (QED) is 0.801. The van der Waals surface area contributed by atoms with Gasteiger partial charge in [0.15, 0.2) is 0 Å².